The molecule has 1 aromatic heterocycles. The van der Waals surface area contributed by atoms with E-state index in [2.05, 4.69) is 26.1 Å². The van der Waals surface area contributed by atoms with Gasteiger partial charge in [-0.15, -0.1) is 0 Å². The predicted octanol–water partition coefficient (Wildman–Crippen LogP) is 4.00. The first-order valence-corrected chi connectivity index (χ1v) is 9.99. The second kappa shape index (κ2) is 9.94. The Labute approximate surface area is 167 Å². The number of benzene rings is 1. The van der Waals surface area contributed by atoms with Gasteiger partial charge in [-0.2, -0.15) is 0 Å². The molecule has 0 saturated heterocycles. The Kier molecular flexibility index (Phi) is 7.89. The highest BCUT2D eigenvalue weighted by atomic mass is 16.5. The molecule has 0 aliphatic rings. The Morgan fingerprint density at radius 3 is 2.64 bits per heavy atom. The molecule has 1 heterocycles. The number of fused-ring (bicyclic) bond motifs is 1. The molecule has 2 N–H and O–H groups in total. The summed E-state index contributed by atoms with van der Waals surface area (Å²) in [6.07, 6.45) is 2.20. The Balaban J connectivity index is 2.28. The van der Waals surface area contributed by atoms with Crippen molar-refractivity contribution in [2.75, 3.05) is 26.4 Å². The van der Waals surface area contributed by atoms with Crippen LogP contribution in [0.25, 0.3) is 11.0 Å². The van der Waals surface area contributed by atoms with Crippen LogP contribution in [0.3, 0.4) is 0 Å². The van der Waals surface area contributed by atoms with Crippen molar-refractivity contribution in [3.63, 3.8) is 0 Å². The van der Waals surface area contributed by atoms with Gasteiger partial charge in [0.25, 0.3) is 0 Å². The van der Waals surface area contributed by atoms with Crippen LogP contribution in [-0.2, 0) is 11.2 Å². The first-order valence-electron chi connectivity index (χ1n) is 9.99. The van der Waals surface area contributed by atoms with Gasteiger partial charge < -0.3 is 24.3 Å². The molecule has 0 radical (unpaired) electrons. The molecule has 156 valence electrons. The molecule has 0 bridgehead atoms. The van der Waals surface area contributed by atoms with Crippen LogP contribution in [0.1, 0.15) is 62.2 Å². The second-order valence-electron chi connectivity index (χ2n) is 7.91. The SMILES string of the molecule is CCOC(=O)c1oc2ccc(CCCO)c(OCCCNC(C)(C)C)c2c1C. The van der Waals surface area contributed by atoms with Crippen molar-refractivity contribution in [1.82, 2.24) is 5.32 Å². The van der Waals surface area contributed by atoms with E-state index in [-0.39, 0.29) is 17.9 Å². The first-order chi connectivity index (χ1) is 13.3. The molecule has 1 aromatic carbocycles. The summed E-state index contributed by atoms with van der Waals surface area (Å²) in [5, 5.41) is 13.5. The zero-order valence-electron chi connectivity index (χ0n) is 17.7. The molecule has 0 atom stereocenters. The minimum absolute atomic E-state index is 0.0714. The van der Waals surface area contributed by atoms with Gasteiger partial charge >= 0.3 is 5.97 Å². The van der Waals surface area contributed by atoms with Crippen molar-refractivity contribution in [2.45, 2.75) is 59.4 Å². The van der Waals surface area contributed by atoms with Gasteiger partial charge in [0.05, 0.1) is 18.6 Å². The minimum Gasteiger partial charge on any atom is -0.492 e. The van der Waals surface area contributed by atoms with Crippen LogP contribution in [0.15, 0.2) is 16.5 Å². The lowest BCUT2D eigenvalue weighted by atomic mass is 10.0. The Morgan fingerprint density at radius 2 is 2.00 bits per heavy atom. The summed E-state index contributed by atoms with van der Waals surface area (Å²) in [5.41, 5.74) is 2.41. The third-order valence-corrected chi connectivity index (χ3v) is 4.42. The van der Waals surface area contributed by atoms with Crippen molar-refractivity contribution in [1.29, 1.82) is 0 Å². The number of hydrogen-bond acceptors (Lipinski definition) is 6. The van der Waals surface area contributed by atoms with Gasteiger partial charge in [-0.25, -0.2) is 4.79 Å². The molecule has 2 rings (SSSR count). The second-order valence-corrected chi connectivity index (χ2v) is 7.91. The molecule has 0 fully saturated rings. The van der Waals surface area contributed by atoms with Gasteiger partial charge in [0.15, 0.2) is 0 Å². The van der Waals surface area contributed by atoms with Gasteiger partial charge in [-0.1, -0.05) is 6.07 Å². The molecular weight excluding hydrogens is 358 g/mol. The molecule has 0 saturated carbocycles. The van der Waals surface area contributed by atoms with Crippen LogP contribution < -0.4 is 10.1 Å². The zero-order valence-corrected chi connectivity index (χ0v) is 17.7. The van der Waals surface area contributed by atoms with Crippen LogP contribution in [-0.4, -0.2) is 43.0 Å². The summed E-state index contributed by atoms with van der Waals surface area (Å²) in [6.45, 7) is 11.8. The lowest BCUT2D eigenvalue weighted by Gasteiger charge is -2.20. The molecule has 2 aromatic rings. The van der Waals surface area contributed by atoms with Gasteiger partial charge in [-0.3, -0.25) is 0 Å². The van der Waals surface area contributed by atoms with E-state index in [0.717, 1.165) is 35.2 Å². The van der Waals surface area contributed by atoms with Crippen LogP contribution in [0.5, 0.6) is 5.75 Å². The number of carbonyl (C=O) groups is 1. The quantitative estimate of drug-likeness (QED) is 0.471. The lowest BCUT2D eigenvalue weighted by molar-refractivity contribution is 0.0491. The van der Waals surface area contributed by atoms with Crippen molar-refractivity contribution in [2.24, 2.45) is 0 Å². The van der Waals surface area contributed by atoms with E-state index in [1.54, 1.807) is 6.92 Å². The summed E-state index contributed by atoms with van der Waals surface area (Å²) in [6, 6.07) is 3.80. The van der Waals surface area contributed by atoms with Crippen molar-refractivity contribution in [3.8, 4) is 5.75 Å². The fourth-order valence-corrected chi connectivity index (χ4v) is 3.08. The van der Waals surface area contributed by atoms with E-state index in [9.17, 15) is 9.90 Å². The standard InChI is InChI=1S/C22H33NO5/c1-6-26-21(25)19-15(2)18-17(28-19)11-10-16(9-7-13-24)20(18)27-14-8-12-23-22(3,4)5/h10-11,23-24H,6-9,12-14H2,1-5H3. The Hall–Kier alpha value is -2.05. The monoisotopic (exact) mass is 391 g/mol. The van der Waals surface area contributed by atoms with E-state index in [1.807, 2.05) is 19.1 Å². The average molecular weight is 392 g/mol. The van der Waals surface area contributed by atoms with Crippen LogP contribution in [0.4, 0.5) is 0 Å². The molecule has 0 unspecified atom stereocenters. The summed E-state index contributed by atoms with van der Waals surface area (Å²) < 4.78 is 17.0. The normalized spacial score (nSPS) is 11.8. The number of rotatable bonds is 10. The van der Waals surface area contributed by atoms with Crippen LogP contribution >= 0.6 is 0 Å². The number of furan rings is 1. The third kappa shape index (κ3) is 5.72. The number of esters is 1. The topological polar surface area (TPSA) is 80.9 Å². The number of ether oxygens (including phenoxy) is 2. The Morgan fingerprint density at radius 1 is 1.25 bits per heavy atom. The summed E-state index contributed by atoms with van der Waals surface area (Å²) in [5.74, 6) is 0.488. The van der Waals surface area contributed by atoms with Crippen molar-refractivity contribution < 1.29 is 23.8 Å². The summed E-state index contributed by atoms with van der Waals surface area (Å²) in [4.78, 5) is 12.2. The number of nitrogens with one attached hydrogen (secondary N) is 1. The molecule has 0 aliphatic carbocycles. The zero-order chi connectivity index (χ0) is 20.7. The van der Waals surface area contributed by atoms with Crippen molar-refractivity contribution >= 4 is 16.9 Å². The molecule has 0 aliphatic heterocycles. The highest BCUT2D eigenvalue weighted by molar-refractivity contribution is 5.98. The molecule has 0 amide bonds. The van der Waals surface area contributed by atoms with Crippen molar-refractivity contribution in [3.05, 3.63) is 29.0 Å². The van der Waals surface area contributed by atoms with Crippen LogP contribution in [0.2, 0.25) is 0 Å². The number of carbonyl (C=O) groups excluding carboxylic acids is 1. The van der Waals surface area contributed by atoms with Gasteiger partial charge in [-0.05, 0) is 72.1 Å². The number of aryl methyl sites for hydroxylation is 2. The molecule has 6 heteroatoms. The van der Waals surface area contributed by atoms with Gasteiger partial charge in [0.2, 0.25) is 5.76 Å². The number of aliphatic hydroxyl groups is 1. The van der Waals surface area contributed by atoms with E-state index >= 15 is 0 Å². The molecule has 0 spiro atoms. The minimum atomic E-state index is -0.464. The maximum atomic E-state index is 12.2. The van der Waals surface area contributed by atoms with E-state index in [1.165, 1.54) is 0 Å². The van der Waals surface area contributed by atoms with E-state index < -0.39 is 5.97 Å². The largest absolute Gasteiger partial charge is 0.492 e. The third-order valence-electron chi connectivity index (χ3n) is 4.42. The predicted molar refractivity (Wildman–Crippen MR) is 110 cm³/mol. The van der Waals surface area contributed by atoms with E-state index in [4.69, 9.17) is 13.9 Å². The fraction of sp³-hybridized carbons (Fsp3) is 0.591. The molecular formula is C22H33NO5. The Bertz CT molecular complexity index is 788. The summed E-state index contributed by atoms with van der Waals surface area (Å²) >= 11 is 0. The fourth-order valence-electron chi connectivity index (χ4n) is 3.08. The highest BCUT2D eigenvalue weighted by Gasteiger charge is 2.23. The molecule has 28 heavy (non-hydrogen) atoms. The van der Waals surface area contributed by atoms with Gasteiger partial charge in [0.1, 0.15) is 11.3 Å². The summed E-state index contributed by atoms with van der Waals surface area (Å²) in [7, 11) is 0. The molecule has 6 nitrogen and oxygen atoms in total. The maximum Gasteiger partial charge on any atom is 0.374 e. The number of hydrogen-bond donors (Lipinski definition) is 2. The maximum absolute atomic E-state index is 12.2. The highest BCUT2D eigenvalue weighted by Crippen LogP contribution is 2.37. The average Bonchev–Trinajstić information content (AvgIpc) is 2.96. The van der Waals surface area contributed by atoms with Crippen LogP contribution in [0, 0.1) is 6.92 Å². The lowest BCUT2D eigenvalue weighted by Crippen LogP contribution is -2.36. The number of aliphatic hydroxyl groups excluding tert-OH is 1. The van der Waals surface area contributed by atoms with E-state index in [0.29, 0.717) is 31.6 Å². The first kappa shape index (κ1) is 22.2. The smallest absolute Gasteiger partial charge is 0.374 e. The van der Waals surface area contributed by atoms with Gasteiger partial charge in [0, 0.05) is 17.7 Å².